The van der Waals surface area contributed by atoms with Gasteiger partial charge in [-0.25, -0.2) is 0 Å². The fraction of sp³-hybridized carbons (Fsp3) is 0.222. The van der Waals surface area contributed by atoms with Crippen molar-refractivity contribution in [3.05, 3.63) is 36.1 Å². The Bertz CT molecular complexity index is 224. The molecule has 60 valence electrons. The summed E-state index contributed by atoms with van der Waals surface area (Å²) in [6.45, 7) is 6.75. The van der Waals surface area contributed by atoms with Gasteiger partial charge in [-0.2, -0.15) is 0 Å². The number of ketones is 1. The highest BCUT2D eigenvalue weighted by Gasteiger charge is 2.03. The average Bonchev–Trinajstić information content (AvgIpc) is 1.98. The van der Waals surface area contributed by atoms with Crippen molar-refractivity contribution in [3.63, 3.8) is 0 Å². The van der Waals surface area contributed by atoms with Gasteiger partial charge in [0.15, 0.2) is 5.78 Å². The largest absolute Gasteiger partial charge is 0.398 e. The molecule has 0 aliphatic carbocycles. The molecule has 0 saturated heterocycles. The predicted octanol–water partition coefficient (Wildman–Crippen LogP) is 1.55. The van der Waals surface area contributed by atoms with Gasteiger partial charge in [0.2, 0.25) is 0 Å². The van der Waals surface area contributed by atoms with Crippen molar-refractivity contribution >= 4 is 5.78 Å². The van der Waals surface area contributed by atoms with Gasteiger partial charge in [0, 0.05) is 11.3 Å². The van der Waals surface area contributed by atoms with Gasteiger partial charge < -0.3 is 5.73 Å². The molecule has 0 bridgehead atoms. The Morgan fingerprint density at radius 2 is 2.09 bits per heavy atom. The first-order valence-electron chi connectivity index (χ1n) is 3.39. The summed E-state index contributed by atoms with van der Waals surface area (Å²) >= 11 is 0. The lowest BCUT2D eigenvalue weighted by Gasteiger charge is -2.00. The molecule has 0 fully saturated rings. The summed E-state index contributed by atoms with van der Waals surface area (Å²) in [7, 11) is 0. The lowest BCUT2D eigenvalue weighted by molar-refractivity contribution is -0.113. The first-order chi connectivity index (χ1) is 5.13. The zero-order valence-electron chi connectivity index (χ0n) is 6.92. The molecule has 0 amide bonds. The van der Waals surface area contributed by atoms with Gasteiger partial charge in [-0.05, 0) is 19.9 Å². The van der Waals surface area contributed by atoms with Crippen LogP contribution in [0.4, 0.5) is 0 Å². The maximum atomic E-state index is 10.9. The highest BCUT2D eigenvalue weighted by Crippen LogP contribution is 2.04. The molecule has 0 aliphatic rings. The second-order valence-corrected chi connectivity index (χ2v) is 2.12. The normalized spacial score (nSPS) is 12.9. The van der Waals surface area contributed by atoms with Crippen LogP contribution in [0.25, 0.3) is 0 Å². The standard InChI is InChI=1S/C9H13NO/c1-4-6-8(7(3)11)9(10)5-2/h4-6H,1,10H2,2-3H3/b8-6-,9-5+. The lowest BCUT2D eigenvalue weighted by Crippen LogP contribution is -2.07. The van der Waals surface area contributed by atoms with E-state index in [4.69, 9.17) is 5.73 Å². The molecule has 0 aliphatic heterocycles. The number of hydrogen-bond acceptors (Lipinski definition) is 2. The number of Topliss-reactive ketones (excluding diaryl/α,β-unsaturated/α-hetero) is 1. The first kappa shape index (κ1) is 9.69. The highest BCUT2D eigenvalue weighted by molar-refractivity contribution is 5.97. The predicted molar refractivity (Wildman–Crippen MR) is 46.9 cm³/mol. The molecule has 0 radical (unpaired) electrons. The van der Waals surface area contributed by atoms with Crippen LogP contribution in [0.1, 0.15) is 13.8 Å². The number of nitrogens with two attached hydrogens (primary N) is 1. The quantitative estimate of drug-likeness (QED) is 0.491. The van der Waals surface area contributed by atoms with Crippen LogP contribution in [0, 0.1) is 0 Å². The monoisotopic (exact) mass is 151 g/mol. The van der Waals surface area contributed by atoms with E-state index in [2.05, 4.69) is 6.58 Å². The summed E-state index contributed by atoms with van der Waals surface area (Å²) in [4.78, 5) is 10.9. The number of allylic oxidation sites excluding steroid dienone is 4. The van der Waals surface area contributed by atoms with E-state index in [1.54, 1.807) is 25.2 Å². The minimum absolute atomic E-state index is 0.0412. The first-order valence-corrected chi connectivity index (χ1v) is 3.39. The Morgan fingerprint density at radius 1 is 1.55 bits per heavy atom. The van der Waals surface area contributed by atoms with Crippen LogP contribution in [0.15, 0.2) is 36.1 Å². The smallest absolute Gasteiger partial charge is 0.161 e. The van der Waals surface area contributed by atoms with Crippen molar-refractivity contribution in [2.24, 2.45) is 5.73 Å². The van der Waals surface area contributed by atoms with E-state index in [9.17, 15) is 4.79 Å². The molecule has 0 aromatic carbocycles. The second kappa shape index (κ2) is 4.50. The van der Waals surface area contributed by atoms with E-state index in [0.29, 0.717) is 11.3 Å². The maximum Gasteiger partial charge on any atom is 0.161 e. The molecule has 0 spiro atoms. The van der Waals surface area contributed by atoms with Gasteiger partial charge in [-0.3, -0.25) is 4.79 Å². The summed E-state index contributed by atoms with van der Waals surface area (Å²) in [5, 5.41) is 0. The molecule has 2 nitrogen and oxygen atoms in total. The molecular weight excluding hydrogens is 138 g/mol. The molecule has 0 unspecified atom stereocenters. The summed E-state index contributed by atoms with van der Waals surface area (Å²) in [6.07, 6.45) is 4.85. The third-order valence-electron chi connectivity index (χ3n) is 1.29. The third-order valence-corrected chi connectivity index (χ3v) is 1.29. The van der Waals surface area contributed by atoms with Crippen molar-refractivity contribution in [2.45, 2.75) is 13.8 Å². The van der Waals surface area contributed by atoms with Crippen LogP contribution in [0.2, 0.25) is 0 Å². The highest BCUT2D eigenvalue weighted by atomic mass is 16.1. The molecule has 0 saturated carbocycles. The number of carbonyl (C=O) groups excluding carboxylic acids is 1. The Balaban J connectivity index is 4.76. The third kappa shape index (κ3) is 2.85. The zero-order valence-corrected chi connectivity index (χ0v) is 6.92. The van der Waals surface area contributed by atoms with Gasteiger partial charge in [0.05, 0.1) is 0 Å². The van der Waals surface area contributed by atoms with Gasteiger partial charge in [-0.1, -0.05) is 18.7 Å². The molecule has 2 N–H and O–H groups in total. The zero-order chi connectivity index (χ0) is 8.85. The average molecular weight is 151 g/mol. The molecule has 0 atom stereocenters. The van der Waals surface area contributed by atoms with Crippen LogP contribution in [-0.2, 0) is 4.79 Å². The number of rotatable bonds is 3. The van der Waals surface area contributed by atoms with Crippen LogP contribution in [0.3, 0.4) is 0 Å². The number of hydrogen-bond donors (Lipinski definition) is 1. The van der Waals surface area contributed by atoms with E-state index < -0.39 is 0 Å². The van der Waals surface area contributed by atoms with Crippen molar-refractivity contribution in [3.8, 4) is 0 Å². The molecule has 2 heteroatoms. The van der Waals surface area contributed by atoms with Gasteiger partial charge in [0.25, 0.3) is 0 Å². The fourth-order valence-electron chi connectivity index (χ4n) is 0.690. The van der Waals surface area contributed by atoms with Gasteiger partial charge >= 0.3 is 0 Å². The Hall–Kier alpha value is -1.31. The Kier molecular flexibility index (Phi) is 3.96. The summed E-state index contributed by atoms with van der Waals surface area (Å²) in [6, 6.07) is 0. The van der Waals surface area contributed by atoms with E-state index in [0.717, 1.165) is 0 Å². The van der Waals surface area contributed by atoms with Crippen LogP contribution < -0.4 is 5.73 Å². The molecular formula is C9H13NO. The van der Waals surface area contributed by atoms with E-state index in [-0.39, 0.29) is 5.78 Å². The Labute approximate surface area is 67.1 Å². The number of carbonyl (C=O) groups is 1. The fourth-order valence-corrected chi connectivity index (χ4v) is 0.690. The minimum Gasteiger partial charge on any atom is -0.398 e. The van der Waals surface area contributed by atoms with Crippen molar-refractivity contribution in [1.29, 1.82) is 0 Å². The molecule has 11 heavy (non-hydrogen) atoms. The summed E-state index contributed by atoms with van der Waals surface area (Å²) in [5.74, 6) is -0.0412. The topological polar surface area (TPSA) is 43.1 Å². The molecule has 0 aromatic heterocycles. The SMILES string of the molecule is C=C/C=C(C(C)=O)\C(N)=C/C. The van der Waals surface area contributed by atoms with Crippen LogP contribution in [-0.4, -0.2) is 5.78 Å². The molecule has 0 heterocycles. The summed E-state index contributed by atoms with van der Waals surface area (Å²) < 4.78 is 0. The van der Waals surface area contributed by atoms with Gasteiger partial charge in [-0.15, -0.1) is 0 Å². The second-order valence-electron chi connectivity index (χ2n) is 2.12. The molecule has 0 rings (SSSR count). The van der Waals surface area contributed by atoms with E-state index in [1.165, 1.54) is 6.92 Å². The molecule has 0 aromatic rings. The van der Waals surface area contributed by atoms with Crippen LogP contribution in [0.5, 0.6) is 0 Å². The summed E-state index contributed by atoms with van der Waals surface area (Å²) in [5.41, 5.74) is 6.54. The Morgan fingerprint density at radius 3 is 2.36 bits per heavy atom. The van der Waals surface area contributed by atoms with Gasteiger partial charge in [0.1, 0.15) is 0 Å². The van der Waals surface area contributed by atoms with Crippen molar-refractivity contribution < 1.29 is 4.79 Å². The maximum absolute atomic E-state index is 10.9. The minimum atomic E-state index is -0.0412. The lowest BCUT2D eigenvalue weighted by atomic mass is 10.1. The van der Waals surface area contributed by atoms with Crippen molar-refractivity contribution in [1.82, 2.24) is 0 Å². The van der Waals surface area contributed by atoms with Crippen molar-refractivity contribution in [2.75, 3.05) is 0 Å². The van der Waals surface area contributed by atoms with E-state index in [1.807, 2.05) is 0 Å². The van der Waals surface area contributed by atoms with Crippen LogP contribution >= 0.6 is 0 Å². The van der Waals surface area contributed by atoms with E-state index >= 15 is 0 Å².